The van der Waals surface area contributed by atoms with Crippen molar-refractivity contribution in [3.8, 4) is 5.82 Å². The Labute approximate surface area is 79.4 Å². The first-order chi connectivity index (χ1) is 6.29. The van der Waals surface area contributed by atoms with Crippen molar-refractivity contribution in [3.05, 3.63) is 29.7 Å². The van der Waals surface area contributed by atoms with Crippen LogP contribution >= 0.6 is 11.6 Å². The molecule has 5 nitrogen and oxygen atoms in total. The van der Waals surface area contributed by atoms with Crippen LogP contribution in [0.15, 0.2) is 19.0 Å². The van der Waals surface area contributed by atoms with E-state index < -0.39 is 0 Å². The highest BCUT2D eigenvalue weighted by molar-refractivity contribution is 6.30. The molecule has 13 heavy (non-hydrogen) atoms. The van der Waals surface area contributed by atoms with Gasteiger partial charge in [0.25, 0.3) is 0 Å². The van der Waals surface area contributed by atoms with Crippen LogP contribution in [0.4, 0.5) is 0 Å². The molecule has 0 fully saturated rings. The molecule has 2 aromatic heterocycles. The maximum atomic E-state index is 5.82. The molecule has 0 amide bonds. The lowest BCUT2D eigenvalue weighted by molar-refractivity contribution is 0.827. The SMILES string of the molecule is Cc1c(Cl)ncnc1-n1cncn1. The summed E-state index contributed by atoms with van der Waals surface area (Å²) in [4.78, 5) is 11.7. The summed E-state index contributed by atoms with van der Waals surface area (Å²) in [5.74, 6) is 0.650. The maximum absolute atomic E-state index is 5.82. The Morgan fingerprint density at radius 1 is 1.31 bits per heavy atom. The van der Waals surface area contributed by atoms with Gasteiger partial charge < -0.3 is 0 Å². The fraction of sp³-hybridized carbons (Fsp3) is 0.143. The molecule has 0 aliphatic heterocycles. The Kier molecular flexibility index (Phi) is 1.94. The van der Waals surface area contributed by atoms with E-state index in [1.807, 2.05) is 6.92 Å². The van der Waals surface area contributed by atoms with Gasteiger partial charge in [0.1, 0.15) is 24.1 Å². The van der Waals surface area contributed by atoms with Gasteiger partial charge in [-0.25, -0.2) is 19.6 Å². The number of nitrogens with zero attached hydrogens (tertiary/aromatic N) is 5. The van der Waals surface area contributed by atoms with Crippen molar-refractivity contribution in [2.45, 2.75) is 6.92 Å². The van der Waals surface area contributed by atoms with Gasteiger partial charge in [-0.2, -0.15) is 5.10 Å². The molecule has 66 valence electrons. The minimum absolute atomic E-state index is 0.431. The number of rotatable bonds is 1. The number of hydrogen-bond acceptors (Lipinski definition) is 4. The maximum Gasteiger partial charge on any atom is 0.162 e. The van der Waals surface area contributed by atoms with Crippen LogP contribution in [0.5, 0.6) is 0 Å². The number of hydrogen-bond donors (Lipinski definition) is 0. The second kappa shape index (κ2) is 3.10. The lowest BCUT2D eigenvalue weighted by Crippen LogP contribution is -2.02. The Hall–Kier alpha value is -1.49. The van der Waals surface area contributed by atoms with Gasteiger partial charge in [-0.05, 0) is 6.92 Å². The lowest BCUT2D eigenvalue weighted by Gasteiger charge is -2.03. The highest BCUT2D eigenvalue weighted by Crippen LogP contribution is 2.15. The van der Waals surface area contributed by atoms with E-state index in [4.69, 9.17) is 11.6 Å². The molecule has 2 heterocycles. The molecule has 0 saturated heterocycles. The van der Waals surface area contributed by atoms with Crippen LogP contribution in [0.2, 0.25) is 5.15 Å². The molecular weight excluding hydrogens is 190 g/mol. The summed E-state index contributed by atoms with van der Waals surface area (Å²) in [6.07, 6.45) is 4.40. The van der Waals surface area contributed by atoms with E-state index in [2.05, 4.69) is 20.1 Å². The van der Waals surface area contributed by atoms with Crippen molar-refractivity contribution in [3.63, 3.8) is 0 Å². The normalized spacial score (nSPS) is 10.3. The first-order valence-electron chi connectivity index (χ1n) is 3.61. The minimum atomic E-state index is 0.431. The van der Waals surface area contributed by atoms with Gasteiger partial charge in [0.2, 0.25) is 0 Å². The highest BCUT2D eigenvalue weighted by Gasteiger charge is 2.06. The zero-order chi connectivity index (χ0) is 9.26. The second-order valence-corrected chi connectivity index (χ2v) is 2.81. The summed E-state index contributed by atoms with van der Waals surface area (Å²) in [5, 5.41) is 4.38. The van der Waals surface area contributed by atoms with Crippen LogP contribution in [0, 0.1) is 6.92 Å². The predicted octanol–water partition coefficient (Wildman–Crippen LogP) is 1.02. The van der Waals surface area contributed by atoms with Gasteiger partial charge in [-0.15, -0.1) is 0 Å². The lowest BCUT2D eigenvalue weighted by atomic mass is 10.3. The van der Waals surface area contributed by atoms with Gasteiger partial charge in [0, 0.05) is 5.56 Å². The topological polar surface area (TPSA) is 56.5 Å². The standard InChI is InChI=1S/C7H6ClN5/c1-5-6(8)10-3-11-7(5)13-4-9-2-12-13/h2-4H,1H3. The van der Waals surface area contributed by atoms with E-state index in [0.29, 0.717) is 11.0 Å². The van der Waals surface area contributed by atoms with Gasteiger partial charge in [-0.1, -0.05) is 11.6 Å². The highest BCUT2D eigenvalue weighted by atomic mass is 35.5. The molecule has 2 rings (SSSR count). The third kappa shape index (κ3) is 1.38. The fourth-order valence-electron chi connectivity index (χ4n) is 0.969. The molecule has 0 saturated carbocycles. The molecule has 0 aliphatic carbocycles. The summed E-state index contributed by atoms with van der Waals surface area (Å²) >= 11 is 5.82. The van der Waals surface area contributed by atoms with E-state index in [1.165, 1.54) is 12.7 Å². The summed E-state index contributed by atoms with van der Waals surface area (Å²) in [5.41, 5.74) is 0.787. The first-order valence-corrected chi connectivity index (χ1v) is 3.99. The molecule has 6 heteroatoms. The molecule has 2 aromatic rings. The summed E-state index contributed by atoms with van der Waals surface area (Å²) in [6.45, 7) is 1.83. The number of halogens is 1. The molecule has 0 radical (unpaired) electrons. The van der Waals surface area contributed by atoms with E-state index >= 15 is 0 Å². The average Bonchev–Trinajstić information content (AvgIpc) is 2.62. The molecule has 0 aromatic carbocycles. The Bertz CT molecular complexity index is 411. The smallest absolute Gasteiger partial charge is 0.162 e. The monoisotopic (exact) mass is 195 g/mol. The van der Waals surface area contributed by atoms with Gasteiger partial charge in [-0.3, -0.25) is 0 Å². The van der Waals surface area contributed by atoms with Crippen LogP contribution in [0.1, 0.15) is 5.56 Å². The quantitative estimate of drug-likeness (QED) is 0.638. The van der Waals surface area contributed by atoms with Crippen molar-refractivity contribution in [2.75, 3.05) is 0 Å². The van der Waals surface area contributed by atoms with Crippen LogP contribution in [0.3, 0.4) is 0 Å². The Morgan fingerprint density at radius 2 is 2.15 bits per heavy atom. The molecule has 0 bridgehead atoms. The fourth-order valence-corrected chi connectivity index (χ4v) is 1.10. The number of aromatic nitrogens is 5. The van der Waals surface area contributed by atoms with Crippen LogP contribution in [-0.2, 0) is 0 Å². The summed E-state index contributed by atoms with van der Waals surface area (Å²) in [6, 6.07) is 0. The van der Waals surface area contributed by atoms with Crippen LogP contribution < -0.4 is 0 Å². The van der Waals surface area contributed by atoms with E-state index in [-0.39, 0.29) is 0 Å². The zero-order valence-corrected chi connectivity index (χ0v) is 7.60. The second-order valence-electron chi connectivity index (χ2n) is 2.45. The van der Waals surface area contributed by atoms with E-state index in [0.717, 1.165) is 5.56 Å². The van der Waals surface area contributed by atoms with Gasteiger partial charge in [0.15, 0.2) is 5.82 Å². The largest absolute Gasteiger partial charge is 0.224 e. The minimum Gasteiger partial charge on any atom is -0.224 e. The summed E-state index contributed by atoms with van der Waals surface area (Å²) < 4.78 is 1.54. The summed E-state index contributed by atoms with van der Waals surface area (Å²) in [7, 11) is 0. The van der Waals surface area contributed by atoms with E-state index in [9.17, 15) is 0 Å². The van der Waals surface area contributed by atoms with Crippen molar-refractivity contribution in [1.82, 2.24) is 24.7 Å². The van der Waals surface area contributed by atoms with Crippen molar-refractivity contribution < 1.29 is 0 Å². The predicted molar refractivity (Wildman–Crippen MR) is 46.7 cm³/mol. The molecule has 0 spiro atoms. The van der Waals surface area contributed by atoms with Gasteiger partial charge >= 0.3 is 0 Å². The molecule has 0 N–H and O–H groups in total. The van der Waals surface area contributed by atoms with E-state index in [1.54, 1.807) is 11.0 Å². The van der Waals surface area contributed by atoms with Crippen molar-refractivity contribution >= 4 is 11.6 Å². The zero-order valence-electron chi connectivity index (χ0n) is 6.85. The molecular formula is C7H6ClN5. The Balaban J connectivity index is 2.59. The Morgan fingerprint density at radius 3 is 2.85 bits per heavy atom. The molecule has 0 unspecified atom stereocenters. The van der Waals surface area contributed by atoms with Crippen molar-refractivity contribution in [1.29, 1.82) is 0 Å². The van der Waals surface area contributed by atoms with Crippen LogP contribution in [0.25, 0.3) is 5.82 Å². The van der Waals surface area contributed by atoms with Crippen LogP contribution in [-0.4, -0.2) is 24.7 Å². The molecule has 0 aliphatic rings. The first kappa shape index (κ1) is 8.12. The van der Waals surface area contributed by atoms with Crippen molar-refractivity contribution in [2.24, 2.45) is 0 Å². The third-order valence-electron chi connectivity index (χ3n) is 1.63. The molecule has 0 atom stereocenters. The third-order valence-corrected chi connectivity index (χ3v) is 2.01. The van der Waals surface area contributed by atoms with Gasteiger partial charge in [0.05, 0.1) is 0 Å². The average molecular weight is 196 g/mol.